The molecule has 224 valence electrons. The second kappa shape index (κ2) is 14.5. The van der Waals surface area contributed by atoms with Crippen LogP contribution in [-0.4, -0.2) is 44.8 Å². The first-order valence-corrected chi connectivity index (χ1v) is 16.0. The molecule has 0 heterocycles. The average Bonchev–Trinajstić information content (AvgIpc) is 3.80. The molecule has 0 aliphatic heterocycles. The van der Waals surface area contributed by atoms with Crippen LogP contribution in [0.5, 0.6) is 5.75 Å². The van der Waals surface area contributed by atoms with Gasteiger partial charge in [0.25, 0.3) is 0 Å². The molecule has 0 spiro atoms. The van der Waals surface area contributed by atoms with Gasteiger partial charge in [0.1, 0.15) is 11.8 Å². The summed E-state index contributed by atoms with van der Waals surface area (Å²) >= 11 is 0. The Morgan fingerprint density at radius 1 is 0.929 bits per heavy atom. The summed E-state index contributed by atoms with van der Waals surface area (Å²) in [5, 5.41) is 3.05. The molecule has 0 aromatic heterocycles. The van der Waals surface area contributed by atoms with E-state index in [2.05, 4.69) is 23.9 Å². The fourth-order valence-electron chi connectivity index (χ4n) is 4.66. The molecule has 4 rings (SSSR count). The molecule has 1 saturated carbocycles. The average molecular weight is 592 g/mol. The van der Waals surface area contributed by atoms with Crippen molar-refractivity contribution in [1.29, 1.82) is 0 Å². The van der Waals surface area contributed by atoms with E-state index in [1.54, 1.807) is 36.3 Å². The summed E-state index contributed by atoms with van der Waals surface area (Å²) < 4.78 is 33.0. The number of nitrogens with one attached hydrogen (secondary N) is 2. The van der Waals surface area contributed by atoms with Gasteiger partial charge in [0.05, 0.1) is 12.0 Å². The molecule has 1 fully saturated rings. The van der Waals surface area contributed by atoms with Crippen LogP contribution in [0, 0.1) is 5.92 Å². The molecular formula is C33H41N3O5S. The lowest BCUT2D eigenvalue weighted by molar-refractivity contribution is -0.141. The standard InChI is InChI=1S/C33H41N3O5S/c1-24(2)21-22-34-33(38)32(27-7-5-4-6-8-27)36(23-26-9-16-29(41-3)17-10-26)31(37)20-13-25-11-18-30(19-12-25)42(39,40)35-28-14-15-28/h4-12,16-19,24,28,32,35H,13-15,20-23H2,1-3H3,(H,34,38)/t32-/m0/s1. The van der Waals surface area contributed by atoms with Gasteiger partial charge in [0.15, 0.2) is 0 Å². The highest BCUT2D eigenvalue weighted by Gasteiger charge is 2.31. The third kappa shape index (κ3) is 8.90. The number of amides is 2. The number of ether oxygens (including phenoxy) is 1. The summed E-state index contributed by atoms with van der Waals surface area (Å²) in [6.07, 6.45) is 3.13. The Bertz CT molecular complexity index is 1420. The lowest BCUT2D eigenvalue weighted by Crippen LogP contribution is -2.43. The molecule has 42 heavy (non-hydrogen) atoms. The summed E-state index contributed by atoms with van der Waals surface area (Å²) in [5.74, 6) is 0.746. The predicted octanol–water partition coefficient (Wildman–Crippen LogP) is 5.00. The normalized spacial score (nSPS) is 13.9. The van der Waals surface area contributed by atoms with E-state index in [-0.39, 0.29) is 35.7 Å². The highest BCUT2D eigenvalue weighted by atomic mass is 32.2. The number of rotatable bonds is 15. The number of hydrogen-bond donors (Lipinski definition) is 2. The first-order chi connectivity index (χ1) is 20.2. The maximum atomic E-state index is 13.9. The van der Waals surface area contributed by atoms with Crippen LogP contribution in [0.4, 0.5) is 0 Å². The van der Waals surface area contributed by atoms with E-state index >= 15 is 0 Å². The van der Waals surface area contributed by atoms with Crippen LogP contribution in [0.25, 0.3) is 0 Å². The molecule has 9 heteroatoms. The SMILES string of the molecule is COc1ccc(CN(C(=O)CCc2ccc(S(=O)(=O)NC3CC3)cc2)[C@H](C(=O)NCCC(C)C)c2ccccc2)cc1. The Morgan fingerprint density at radius 2 is 1.57 bits per heavy atom. The van der Waals surface area contributed by atoms with E-state index in [0.29, 0.717) is 24.6 Å². The summed E-state index contributed by atoms with van der Waals surface area (Å²) in [5.41, 5.74) is 2.45. The quantitative estimate of drug-likeness (QED) is 0.259. The van der Waals surface area contributed by atoms with Crippen LogP contribution in [0.3, 0.4) is 0 Å². The fraction of sp³-hybridized carbons (Fsp3) is 0.394. The van der Waals surface area contributed by atoms with Gasteiger partial charge in [-0.3, -0.25) is 9.59 Å². The van der Waals surface area contributed by atoms with Crippen LogP contribution in [0.15, 0.2) is 83.8 Å². The molecule has 1 aliphatic rings. The van der Waals surface area contributed by atoms with Crippen molar-refractivity contribution in [1.82, 2.24) is 14.9 Å². The molecule has 0 bridgehead atoms. The number of carbonyl (C=O) groups excluding carboxylic acids is 2. The third-order valence-corrected chi connectivity index (χ3v) is 8.83. The molecule has 8 nitrogen and oxygen atoms in total. The van der Waals surface area contributed by atoms with Gasteiger partial charge in [-0.2, -0.15) is 0 Å². The molecule has 3 aromatic rings. The summed E-state index contributed by atoms with van der Waals surface area (Å²) in [6, 6.07) is 22.7. The van der Waals surface area contributed by atoms with Gasteiger partial charge in [0.2, 0.25) is 21.8 Å². The number of methoxy groups -OCH3 is 1. The largest absolute Gasteiger partial charge is 0.497 e. The van der Waals surface area contributed by atoms with Gasteiger partial charge in [-0.1, -0.05) is 68.4 Å². The monoisotopic (exact) mass is 591 g/mol. The highest BCUT2D eigenvalue weighted by Crippen LogP contribution is 2.26. The van der Waals surface area contributed by atoms with E-state index in [1.165, 1.54) is 0 Å². The van der Waals surface area contributed by atoms with Gasteiger partial charge >= 0.3 is 0 Å². The number of aryl methyl sites for hydroxylation is 1. The molecule has 2 amide bonds. The first kappa shape index (κ1) is 31.3. The minimum absolute atomic E-state index is 0.0316. The number of hydrogen-bond acceptors (Lipinski definition) is 5. The molecule has 0 unspecified atom stereocenters. The van der Waals surface area contributed by atoms with Gasteiger partial charge in [-0.25, -0.2) is 13.1 Å². The molecule has 2 N–H and O–H groups in total. The number of benzene rings is 3. The second-order valence-electron chi connectivity index (χ2n) is 11.2. The minimum Gasteiger partial charge on any atom is -0.497 e. The van der Waals surface area contributed by atoms with Crippen LogP contribution in [0.2, 0.25) is 0 Å². The summed E-state index contributed by atoms with van der Waals surface area (Å²) in [6.45, 7) is 4.97. The van der Waals surface area contributed by atoms with Crippen molar-refractivity contribution >= 4 is 21.8 Å². The molecule has 1 atom stereocenters. The molecule has 3 aromatic carbocycles. The van der Waals surface area contributed by atoms with Crippen molar-refractivity contribution in [3.63, 3.8) is 0 Å². The van der Waals surface area contributed by atoms with E-state index in [9.17, 15) is 18.0 Å². The topological polar surface area (TPSA) is 105 Å². The maximum absolute atomic E-state index is 13.9. The van der Waals surface area contributed by atoms with E-state index in [4.69, 9.17) is 4.74 Å². The Morgan fingerprint density at radius 3 is 2.17 bits per heavy atom. The smallest absolute Gasteiger partial charge is 0.247 e. The molecular weight excluding hydrogens is 550 g/mol. The van der Waals surface area contributed by atoms with Crippen LogP contribution in [-0.2, 0) is 32.6 Å². The van der Waals surface area contributed by atoms with Crippen molar-refractivity contribution < 1.29 is 22.7 Å². The van der Waals surface area contributed by atoms with Gasteiger partial charge in [-0.15, -0.1) is 0 Å². The summed E-state index contributed by atoms with van der Waals surface area (Å²) in [7, 11) is -1.94. The Kier molecular flexibility index (Phi) is 10.8. The van der Waals surface area contributed by atoms with Crippen LogP contribution < -0.4 is 14.8 Å². The van der Waals surface area contributed by atoms with Crippen molar-refractivity contribution in [3.8, 4) is 5.75 Å². The fourth-order valence-corrected chi connectivity index (χ4v) is 5.96. The second-order valence-corrected chi connectivity index (χ2v) is 12.9. The number of nitrogens with zero attached hydrogens (tertiary/aromatic N) is 1. The lowest BCUT2D eigenvalue weighted by atomic mass is 10.0. The third-order valence-electron chi connectivity index (χ3n) is 7.29. The summed E-state index contributed by atoms with van der Waals surface area (Å²) in [4.78, 5) is 29.4. The van der Waals surface area contributed by atoms with Gasteiger partial charge < -0.3 is 15.0 Å². The Hall–Kier alpha value is -3.69. The van der Waals surface area contributed by atoms with Crippen molar-refractivity contribution in [2.75, 3.05) is 13.7 Å². The van der Waals surface area contributed by atoms with E-state index < -0.39 is 16.1 Å². The zero-order valence-corrected chi connectivity index (χ0v) is 25.4. The molecule has 0 radical (unpaired) electrons. The maximum Gasteiger partial charge on any atom is 0.247 e. The molecule has 0 saturated heterocycles. The number of carbonyl (C=O) groups is 2. The highest BCUT2D eigenvalue weighted by molar-refractivity contribution is 7.89. The minimum atomic E-state index is -3.54. The zero-order chi connectivity index (χ0) is 30.1. The van der Waals surface area contributed by atoms with Crippen molar-refractivity contribution in [2.45, 2.75) is 69.5 Å². The Balaban J connectivity index is 1.55. The van der Waals surface area contributed by atoms with Crippen LogP contribution in [0.1, 0.15) is 62.3 Å². The van der Waals surface area contributed by atoms with Crippen molar-refractivity contribution in [2.24, 2.45) is 5.92 Å². The van der Waals surface area contributed by atoms with E-state index in [1.807, 2.05) is 54.6 Å². The predicted molar refractivity (Wildman–Crippen MR) is 163 cm³/mol. The Labute approximate surface area is 249 Å². The van der Waals surface area contributed by atoms with E-state index in [0.717, 1.165) is 36.0 Å². The van der Waals surface area contributed by atoms with Gasteiger partial charge in [0, 0.05) is 25.6 Å². The zero-order valence-electron chi connectivity index (χ0n) is 24.6. The van der Waals surface area contributed by atoms with Gasteiger partial charge in [-0.05, 0) is 72.6 Å². The first-order valence-electron chi connectivity index (χ1n) is 14.5. The lowest BCUT2D eigenvalue weighted by Gasteiger charge is -2.32. The van der Waals surface area contributed by atoms with Crippen LogP contribution >= 0.6 is 0 Å². The van der Waals surface area contributed by atoms with Crippen molar-refractivity contribution in [3.05, 3.63) is 95.6 Å². The molecule has 1 aliphatic carbocycles. The number of sulfonamides is 1.